The van der Waals surface area contributed by atoms with Crippen LogP contribution in [0.2, 0.25) is 0 Å². The maximum Gasteiger partial charge on any atom is 0.276 e. The summed E-state index contributed by atoms with van der Waals surface area (Å²) in [6, 6.07) is 8.85. The molecule has 1 aromatic carbocycles. The second kappa shape index (κ2) is 8.22. The number of amides is 1. The molecule has 3 heterocycles. The van der Waals surface area contributed by atoms with Gasteiger partial charge in [0.15, 0.2) is 28.7 Å². The Morgan fingerprint density at radius 1 is 1.10 bits per heavy atom. The molecule has 0 bridgehead atoms. The van der Waals surface area contributed by atoms with E-state index in [2.05, 4.69) is 24.2 Å². The maximum atomic E-state index is 13.1. The van der Waals surface area contributed by atoms with Crippen molar-refractivity contribution < 1.29 is 23.3 Å². The van der Waals surface area contributed by atoms with Crippen LogP contribution < -0.4 is 9.47 Å². The van der Waals surface area contributed by atoms with Crippen molar-refractivity contribution in [3.63, 3.8) is 0 Å². The third-order valence-electron chi connectivity index (χ3n) is 5.38. The van der Waals surface area contributed by atoms with Crippen LogP contribution in [0.1, 0.15) is 60.6 Å². The van der Waals surface area contributed by atoms with Crippen LogP contribution in [0.25, 0.3) is 11.3 Å². The van der Waals surface area contributed by atoms with E-state index in [1.54, 1.807) is 37.3 Å². The number of aromatic nitrogens is 2. The van der Waals surface area contributed by atoms with Gasteiger partial charge in [-0.3, -0.25) is 4.79 Å². The molecule has 158 valence electrons. The summed E-state index contributed by atoms with van der Waals surface area (Å²) in [5, 5.41) is 8.14. The lowest BCUT2D eigenvalue weighted by atomic mass is 10.1. The molecule has 0 radical (unpaired) electrons. The summed E-state index contributed by atoms with van der Waals surface area (Å²) in [7, 11) is 3.15. The minimum absolute atomic E-state index is 0.140. The second-order valence-corrected chi connectivity index (χ2v) is 7.61. The van der Waals surface area contributed by atoms with Gasteiger partial charge in [-0.15, -0.1) is 0 Å². The van der Waals surface area contributed by atoms with Gasteiger partial charge in [0.05, 0.1) is 26.0 Å². The monoisotopic (exact) mass is 411 g/mol. The SMILES string of the molecule is COc1ccc(-c2cc(C(=O)N3CCCC3c3cc(C(C)C)no3)no2)cc1OC. The Bertz CT molecular complexity index is 1040. The summed E-state index contributed by atoms with van der Waals surface area (Å²) < 4.78 is 21.6. The number of hydrogen-bond acceptors (Lipinski definition) is 7. The van der Waals surface area contributed by atoms with E-state index in [0.29, 0.717) is 29.6 Å². The first-order valence-corrected chi connectivity index (χ1v) is 9.98. The van der Waals surface area contributed by atoms with Crippen LogP contribution in [0.4, 0.5) is 0 Å². The van der Waals surface area contributed by atoms with Gasteiger partial charge in [0.2, 0.25) is 0 Å². The van der Waals surface area contributed by atoms with Crippen molar-refractivity contribution >= 4 is 5.91 Å². The maximum absolute atomic E-state index is 13.1. The number of carbonyl (C=O) groups is 1. The quantitative estimate of drug-likeness (QED) is 0.592. The summed E-state index contributed by atoms with van der Waals surface area (Å²) in [5.41, 5.74) is 1.89. The average molecular weight is 411 g/mol. The van der Waals surface area contributed by atoms with Crippen LogP contribution in [0.5, 0.6) is 11.5 Å². The number of benzene rings is 1. The van der Waals surface area contributed by atoms with E-state index in [4.69, 9.17) is 18.5 Å². The van der Waals surface area contributed by atoms with Crippen molar-refractivity contribution in [1.82, 2.24) is 15.2 Å². The number of nitrogens with zero attached hydrogens (tertiary/aromatic N) is 3. The van der Waals surface area contributed by atoms with Crippen molar-refractivity contribution in [2.75, 3.05) is 20.8 Å². The Hall–Kier alpha value is -3.29. The zero-order valence-corrected chi connectivity index (χ0v) is 17.5. The molecular weight excluding hydrogens is 386 g/mol. The van der Waals surface area contributed by atoms with Gasteiger partial charge in [0.1, 0.15) is 0 Å². The van der Waals surface area contributed by atoms with Crippen molar-refractivity contribution in [2.45, 2.75) is 38.6 Å². The van der Waals surface area contributed by atoms with Crippen LogP contribution in [-0.4, -0.2) is 41.9 Å². The predicted octanol–water partition coefficient (Wildman–Crippen LogP) is 4.45. The minimum Gasteiger partial charge on any atom is -0.493 e. The molecule has 0 saturated carbocycles. The standard InChI is InChI=1S/C22H25N3O5/c1-13(2)15-11-20(30-23-15)17-6-5-9-25(17)22(26)16-12-19(29-24-16)14-7-8-18(27-3)21(10-14)28-4/h7-8,10-13,17H,5-6,9H2,1-4H3. The number of carbonyl (C=O) groups excluding carboxylic acids is 1. The number of hydrogen-bond donors (Lipinski definition) is 0. The Morgan fingerprint density at radius 3 is 2.60 bits per heavy atom. The summed E-state index contributed by atoms with van der Waals surface area (Å²) in [5.74, 6) is 2.48. The third-order valence-corrected chi connectivity index (χ3v) is 5.38. The molecule has 1 saturated heterocycles. The average Bonchev–Trinajstić information content (AvgIpc) is 3.52. The fraction of sp³-hybridized carbons (Fsp3) is 0.409. The van der Waals surface area contributed by atoms with Crippen molar-refractivity contribution in [3.05, 3.63) is 47.5 Å². The fourth-order valence-corrected chi connectivity index (χ4v) is 3.69. The molecule has 8 nitrogen and oxygen atoms in total. The predicted molar refractivity (Wildman–Crippen MR) is 109 cm³/mol. The van der Waals surface area contributed by atoms with Crippen LogP contribution in [-0.2, 0) is 0 Å². The van der Waals surface area contributed by atoms with Gasteiger partial charge in [-0.05, 0) is 37.0 Å². The summed E-state index contributed by atoms with van der Waals surface area (Å²) in [6.45, 7) is 4.76. The molecule has 1 fully saturated rings. The first-order chi connectivity index (χ1) is 14.5. The fourth-order valence-electron chi connectivity index (χ4n) is 3.69. The molecule has 1 amide bonds. The smallest absolute Gasteiger partial charge is 0.276 e. The molecule has 1 aliphatic rings. The molecule has 1 atom stereocenters. The van der Waals surface area contributed by atoms with E-state index in [1.807, 2.05) is 12.1 Å². The van der Waals surface area contributed by atoms with E-state index < -0.39 is 0 Å². The van der Waals surface area contributed by atoms with Crippen LogP contribution in [0, 0.1) is 0 Å². The zero-order chi connectivity index (χ0) is 21.3. The highest BCUT2D eigenvalue weighted by molar-refractivity contribution is 5.93. The number of likely N-dealkylation sites (tertiary alicyclic amines) is 1. The summed E-state index contributed by atoms with van der Waals surface area (Å²) >= 11 is 0. The van der Waals surface area contributed by atoms with Crippen LogP contribution in [0.3, 0.4) is 0 Å². The van der Waals surface area contributed by atoms with E-state index in [1.165, 1.54) is 0 Å². The van der Waals surface area contributed by atoms with Gasteiger partial charge in [0, 0.05) is 24.2 Å². The van der Waals surface area contributed by atoms with Crippen molar-refractivity contribution in [2.24, 2.45) is 0 Å². The zero-order valence-electron chi connectivity index (χ0n) is 17.5. The Labute approximate surface area is 174 Å². The molecule has 4 rings (SSSR count). The molecule has 1 unspecified atom stereocenters. The van der Waals surface area contributed by atoms with Crippen LogP contribution in [0.15, 0.2) is 39.4 Å². The molecule has 2 aromatic heterocycles. The number of ether oxygens (including phenoxy) is 2. The van der Waals surface area contributed by atoms with Gasteiger partial charge in [0.25, 0.3) is 5.91 Å². The highest BCUT2D eigenvalue weighted by Gasteiger charge is 2.35. The third kappa shape index (κ3) is 3.65. The highest BCUT2D eigenvalue weighted by atomic mass is 16.5. The van der Waals surface area contributed by atoms with Gasteiger partial charge < -0.3 is 23.4 Å². The van der Waals surface area contributed by atoms with Crippen molar-refractivity contribution in [3.8, 4) is 22.8 Å². The normalized spacial score (nSPS) is 16.3. The lowest BCUT2D eigenvalue weighted by Crippen LogP contribution is -2.30. The first-order valence-electron chi connectivity index (χ1n) is 9.98. The molecule has 0 N–H and O–H groups in total. The molecule has 3 aromatic rings. The van der Waals surface area contributed by atoms with Gasteiger partial charge in [-0.2, -0.15) is 0 Å². The van der Waals surface area contributed by atoms with E-state index in [9.17, 15) is 4.79 Å². The minimum atomic E-state index is -0.185. The van der Waals surface area contributed by atoms with Gasteiger partial charge in [-0.25, -0.2) is 0 Å². The molecular formula is C22H25N3O5. The summed E-state index contributed by atoms with van der Waals surface area (Å²) in [6.07, 6.45) is 1.73. The molecule has 0 spiro atoms. The molecule has 8 heteroatoms. The Morgan fingerprint density at radius 2 is 1.90 bits per heavy atom. The van der Waals surface area contributed by atoms with E-state index in [0.717, 1.165) is 24.1 Å². The number of rotatable bonds is 6. The van der Waals surface area contributed by atoms with E-state index >= 15 is 0 Å². The van der Waals surface area contributed by atoms with Crippen molar-refractivity contribution in [1.29, 1.82) is 0 Å². The first kappa shape index (κ1) is 20.0. The molecule has 0 aliphatic carbocycles. The lowest BCUT2D eigenvalue weighted by Gasteiger charge is -2.21. The number of methoxy groups -OCH3 is 2. The summed E-state index contributed by atoms with van der Waals surface area (Å²) in [4.78, 5) is 14.9. The van der Waals surface area contributed by atoms with Gasteiger partial charge >= 0.3 is 0 Å². The Kier molecular flexibility index (Phi) is 5.48. The lowest BCUT2D eigenvalue weighted by molar-refractivity contribution is 0.0704. The molecule has 1 aliphatic heterocycles. The Balaban J connectivity index is 1.56. The van der Waals surface area contributed by atoms with E-state index in [-0.39, 0.29) is 23.6 Å². The molecule has 30 heavy (non-hydrogen) atoms. The van der Waals surface area contributed by atoms with Crippen LogP contribution >= 0.6 is 0 Å². The largest absolute Gasteiger partial charge is 0.493 e. The van der Waals surface area contributed by atoms with Gasteiger partial charge in [-0.1, -0.05) is 24.2 Å². The second-order valence-electron chi connectivity index (χ2n) is 7.61. The topological polar surface area (TPSA) is 90.8 Å². The highest BCUT2D eigenvalue weighted by Crippen LogP contribution is 2.36.